The maximum atomic E-state index is 13.6. The Morgan fingerprint density at radius 3 is 2.43 bits per heavy atom. The molecule has 1 N–H and O–H groups in total. The highest BCUT2D eigenvalue weighted by molar-refractivity contribution is 6.31. The number of carbonyl (C=O) groups excluding carboxylic acids is 1. The van der Waals surface area contributed by atoms with Crippen LogP contribution in [0.4, 0.5) is 17.6 Å². The summed E-state index contributed by atoms with van der Waals surface area (Å²) in [6.45, 7) is 0.0988. The second-order valence-corrected chi connectivity index (χ2v) is 6.30. The van der Waals surface area contributed by atoms with E-state index in [9.17, 15) is 22.4 Å². The summed E-state index contributed by atoms with van der Waals surface area (Å²) in [5, 5.41) is 6.64. The molecule has 4 nitrogen and oxygen atoms in total. The minimum absolute atomic E-state index is 0.0103. The molecule has 1 amide bonds. The standard InChI is InChI=1S/C19H14ClF4N3O/c20-16-4-2-1-3-12(16)9-10-25-18(28)15-11-26-27(17(15)19(22,23)24)14-7-5-13(21)6-8-14/h1-8,11H,9-10H2,(H,25,28). The van der Waals surface area contributed by atoms with Crippen LogP contribution in [-0.2, 0) is 12.6 Å². The molecule has 146 valence electrons. The lowest BCUT2D eigenvalue weighted by atomic mass is 10.1. The topological polar surface area (TPSA) is 46.9 Å². The van der Waals surface area contributed by atoms with Crippen molar-refractivity contribution in [1.82, 2.24) is 15.1 Å². The lowest BCUT2D eigenvalue weighted by Crippen LogP contribution is -2.28. The van der Waals surface area contributed by atoms with Crippen molar-refractivity contribution in [3.8, 4) is 5.69 Å². The molecule has 0 spiro atoms. The fraction of sp³-hybridized carbons (Fsp3) is 0.158. The van der Waals surface area contributed by atoms with E-state index in [2.05, 4.69) is 10.4 Å². The van der Waals surface area contributed by atoms with Crippen LogP contribution in [0, 0.1) is 5.82 Å². The number of aromatic nitrogens is 2. The first-order valence-electron chi connectivity index (χ1n) is 8.20. The summed E-state index contributed by atoms with van der Waals surface area (Å²) < 4.78 is 54.3. The molecule has 0 aliphatic rings. The molecule has 0 bridgehead atoms. The Balaban J connectivity index is 1.82. The van der Waals surface area contributed by atoms with Crippen molar-refractivity contribution in [2.45, 2.75) is 12.6 Å². The Morgan fingerprint density at radius 2 is 1.79 bits per heavy atom. The minimum atomic E-state index is -4.83. The van der Waals surface area contributed by atoms with E-state index in [1.165, 1.54) is 0 Å². The normalized spacial score (nSPS) is 11.5. The van der Waals surface area contributed by atoms with Crippen LogP contribution in [0.25, 0.3) is 5.69 Å². The molecule has 0 radical (unpaired) electrons. The molecule has 0 fully saturated rings. The molecule has 9 heteroatoms. The van der Waals surface area contributed by atoms with E-state index in [0.29, 0.717) is 16.1 Å². The number of benzene rings is 2. The summed E-state index contributed by atoms with van der Waals surface area (Å²) in [6.07, 6.45) is -3.63. The van der Waals surface area contributed by atoms with Gasteiger partial charge in [0.1, 0.15) is 5.82 Å². The summed E-state index contributed by atoms with van der Waals surface area (Å²) in [5.41, 5.74) is -1.09. The van der Waals surface area contributed by atoms with Gasteiger partial charge in [-0.25, -0.2) is 9.07 Å². The Morgan fingerprint density at radius 1 is 1.11 bits per heavy atom. The molecular formula is C19H14ClF4N3O. The second kappa shape index (κ2) is 8.02. The molecule has 3 rings (SSSR count). The van der Waals surface area contributed by atoms with Gasteiger partial charge in [-0.05, 0) is 42.3 Å². The predicted molar refractivity (Wildman–Crippen MR) is 96.0 cm³/mol. The minimum Gasteiger partial charge on any atom is -0.352 e. The average Bonchev–Trinajstić information content (AvgIpc) is 3.09. The fourth-order valence-corrected chi connectivity index (χ4v) is 2.90. The van der Waals surface area contributed by atoms with Crippen LogP contribution in [0.1, 0.15) is 21.6 Å². The van der Waals surface area contributed by atoms with Gasteiger partial charge in [0, 0.05) is 11.6 Å². The van der Waals surface area contributed by atoms with E-state index in [1.807, 2.05) is 0 Å². The van der Waals surface area contributed by atoms with Crippen molar-refractivity contribution < 1.29 is 22.4 Å². The summed E-state index contributed by atoms with van der Waals surface area (Å²) >= 11 is 6.02. The largest absolute Gasteiger partial charge is 0.434 e. The average molecular weight is 412 g/mol. The van der Waals surface area contributed by atoms with Crippen molar-refractivity contribution in [2.24, 2.45) is 0 Å². The summed E-state index contributed by atoms with van der Waals surface area (Å²) in [5.74, 6) is -1.50. The third-order valence-electron chi connectivity index (χ3n) is 3.99. The van der Waals surface area contributed by atoms with Crippen LogP contribution < -0.4 is 5.32 Å². The van der Waals surface area contributed by atoms with E-state index >= 15 is 0 Å². The number of hydrogen-bond donors (Lipinski definition) is 1. The number of carbonyl (C=O) groups is 1. The predicted octanol–water partition coefficient (Wildman–Crippen LogP) is 4.66. The number of alkyl halides is 3. The molecule has 2 aromatic carbocycles. The fourth-order valence-electron chi connectivity index (χ4n) is 2.67. The van der Waals surface area contributed by atoms with Gasteiger partial charge in [0.25, 0.3) is 5.91 Å². The Labute approximate surface area is 162 Å². The first-order valence-corrected chi connectivity index (χ1v) is 8.58. The quantitative estimate of drug-likeness (QED) is 0.621. The van der Waals surface area contributed by atoms with E-state index in [1.54, 1.807) is 24.3 Å². The van der Waals surface area contributed by atoms with Gasteiger partial charge in [-0.15, -0.1) is 0 Å². The number of hydrogen-bond acceptors (Lipinski definition) is 2. The van der Waals surface area contributed by atoms with E-state index < -0.39 is 29.2 Å². The van der Waals surface area contributed by atoms with E-state index in [0.717, 1.165) is 36.0 Å². The zero-order valence-electron chi connectivity index (χ0n) is 14.3. The number of amides is 1. The Bertz CT molecular complexity index is 984. The first-order chi connectivity index (χ1) is 13.3. The lowest BCUT2D eigenvalue weighted by molar-refractivity contribution is -0.143. The first kappa shape index (κ1) is 19.9. The van der Waals surface area contributed by atoms with Crippen LogP contribution in [0.3, 0.4) is 0 Å². The van der Waals surface area contributed by atoms with Gasteiger partial charge in [-0.2, -0.15) is 18.3 Å². The van der Waals surface area contributed by atoms with E-state index in [-0.39, 0.29) is 12.2 Å². The van der Waals surface area contributed by atoms with Gasteiger partial charge in [-0.1, -0.05) is 29.8 Å². The van der Waals surface area contributed by atoms with Crippen LogP contribution >= 0.6 is 11.6 Å². The monoisotopic (exact) mass is 411 g/mol. The van der Waals surface area contributed by atoms with Gasteiger partial charge in [-0.3, -0.25) is 4.79 Å². The molecule has 1 heterocycles. The maximum absolute atomic E-state index is 13.6. The van der Waals surface area contributed by atoms with Gasteiger partial charge in [0.15, 0.2) is 5.69 Å². The molecule has 0 saturated heterocycles. The summed E-state index contributed by atoms with van der Waals surface area (Å²) in [4.78, 5) is 12.3. The van der Waals surface area contributed by atoms with Crippen LogP contribution in [0.5, 0.6) is 0 Å². The molecule has 3 aromatic rings. The molecule has 0 aliphatic carbocycles. The zero-order chi connectivity index (χ0) is 20.3. The van der Waals surface area contributed by atoms with Gasteiger partial charge < -0.3 is 5.32 Å². The molecule has 0 atom stereocenters. The highest BCUT2D eigenvalue weighted by atomic mass is 35.5. The number of halogens is 5. The Kier molecular flexibility index (Phi) is 5.69. The number of nitrogens with one attached hydrogen (secondary N) is 1. The highest BCUT2D eigenvalue weighted by Crippen LogP contribution is 2.33. The van der Waals surface area contributed by atoms with Crippen molar-refractivity contribution in [1.29, 1.82) is 0 Å². The van der Waals surface area contributed by atoms with Gasteiger partial charge in [0.05, 0.1) is 17.4 Å². The van der Waals surface area contributed by atoms with Crippen LogP contribution in [0.15, 0.2) is 54.7 Å². The smallest absolute Gasteiger partial charge is 0.352 e. The molecule has 0 aliphatic heterocycles. The second-order valence-electron chi connectivity index (χ2n) is 5.89. The zero-order valence-corrected chi connectivity index (χ0v) is 15.1. The lowest BCUT2D eigenvalue weighted by Gasteiger charge is -2.13. The van der Waals surface area contributed by atoms with Crippen LogP contribution in [0.2, 0.25) is 5.02 Å². The van der Waals surface area contributed by atoms with Crippen molar-refractivity contribution >= 4 is 17.5 Å². The third kappa shape index (κ3) is 4.33. The molecule has 0 unspecified atom stereocenters. The molecule has 28 heavy (non-hydrogen) atoms. The number of nitrogens with zero attached hydrogens (tertiary/aromatic N) is 2. The summed E-state index contributed by atoms with van der Waals surface area (Å²) in [7, 11) is 0. The van der Waals surface area contributed by atoms with Crippen molar-refractivity contribution in [3.63, 3.8) is 0 Å². The van der Waals surface area contributed by atoms with Crippen molar-refractivity contribution in [3.05, 3.63) is 82.4 Å². The molecular weight excluding hydrogens is 398 g/mol. The highest BCUT2D eigenvalue weighted by Gasteiger charge is 2.40. The van der Waals surface area contributed by atoms with Gasteiger partial charge in [0.2, 0.25) is 0 Å². The SMILES string of the molecule is O=C(NCCc1ccccc1Cl)c1cnn(-c2ccc(F)cc2)c1C(F)(F)F. The van der Waals surface area contributed by atoms with E-state index in [4.69, 9.17) is 11.6 Å². The number of rotatable bonds is 5. The molecule has 0 saturated carbocycles. The van der Waals surface area contributed by atoms with Gasteiger partial charge >= 0.3 is 6.18 Å². The maximum Gasteiger partial charge on any atom is 0.434 e. The molecule has 1 aromatic heterocycles. The summed E-state index contributed by atoms with van der Waals surface area (Å²) in [6, 6.07) is 11.3. The Hall–Kier alpha value is -2.87. The van der Waals surface area contributed by atoms with Crippen LogP contribution in [-0.4, -0.2) is 22.2 Å². The third-order valence-corrected chi connectivity index (χ3v) is 4.36. The van der Waals surface area contributed by atoms with Crippen molar-refractivity contribution in [2.75, 3.05) is 6.54 Å².